The van der Waals surface area contributed by atoms with Crippen LogP contribution in [0.15, 0.2) is 18.2 Å². The number of para-hydroxylation sites is 1. The molecule has 4 nitrogen and oxygen atoms in total. The number of likely N-dealkylation sites (tertiary alicyclic amines) is 1. The molecule has 2 amide bonds. The van der Waals surface area contributed by atoms with Gasteiger partial charge in [-0.1, -0.05) is 25.1 Å². The third-order valence-corrected chi connectivity index (χ3v) is 3.57. The van der Waals surface area contributed by atoms with Crippen LogP contribution in [0.4, 0.5) is 5.69 Å². The summed E-state index contributed by atoms with van der Waals surface area (Å²) in [7, 11) is 0. The maximum Gasteiger partial charge on any atom is 0.313 e. The molecule has 0 bridgehead atoms. The first kappa shape index (κ1) is 13.6. The van der Waals surface area contributed by atoms with Gasteiger partial charge in [0.2, 0.25) is 0 Å². The fraction of sp³-hybridized carbons (Fsp3) is 0.467. The summed E-state index contributed by atoms with van der Waals surface area (Å²) in [4.78, 5) is 25.6. The van der Waals surface area contributed by atoms with Gasteiger partial charge < -0.3 is 10.2 Å². The van der Waals surface area contributed by atoms with Gasteiger partial charge in [0.1, 0.15) is 0 Å². The average molecular weight is 260 g/mol. The highest BCUT2D eigenvalue weighted by molar-refractivity contribution is 6.39. The molecule has 0 spiro atoms. The van der Waals surface area contributed by atoms with Crippen molar-refractivity contribution in [3.63, 3.8) is 0 Å². The van der Waals surface area contributed by atoms with E-state index in [0.717, 1.165) is 36.1 Å². The zero-order valence-electron chi connectivity index (χ0n) is 11.5. The van der Waals surface area contributed by atoms with Crippen LogP contribution in [0, 0.1) is 6.92 Å². The van der Waals surface area contributed by atoms with E-state index in [2.05, 4.69) is 5.32 Å². The Kier molecular flexibility index (Phi) is 4.20. The number of aryl methyl sites for hydroxylation is 2. The number of benzene rings is 1. The summed E-state index contributed by atoms with van der Waals surface area (Å²) in [6.45, 7) is 5.36. The lowest BCUT2D eigenvalue weighted by Crippen LogP contribution is -2.38. The van der Waals surface area contributed by atoms with E-state index in [0.29, 0.717) is 13.1 Å². The van der Waals surface area contributed by atoms with Crippen LogP contribution < -0.4 is 5.32 Å². The minimum Gasteiger partial charge on any atom is -0.334 e. The second-order valence-corrected chi connectivity index (χ2v) is 4.92. The lowest BCUT2D eigenvalue weighted by atomic mass is 10.1. The molecule has 0 radical (unpaired) electrons. The fourth-order valence-electron chi connectivity index (χ4n) is 2.43. The predicted molar refractivity (Wildman–Crippen MR) is 75.0 cm³/mol. The Morgan fingerprint density at radius 2 is 1.95 bits per heavy atom. The van der Waals surface area contributed by atoms with Gasteiger partial charge in [0, 0.05) is 18.8 Å². The fourth-order valence-corrected chi connectivity index (χ4v) is 2.43. The maximum absolute atomic E-state index is 12.0. The molecule has 0 atom stereocenters. The summed E-state index contributed by atoms with van der Waals surface area (Å²) in [6.07, 6.45) is 2.81. The number of carbonyl (C=O) groups is 2. The quantitative estimate of drug-likeness (QED) is 0.828. The van der Waals surface area contributed by atoms with E-state index in [1.807, 2.05) is 32.0 Å². The lowest BCUT2D eigenvalue weighted by molar-refractivity contribution is -0.142. The van der Waals surface area contributed by atoms with E-state index < -0.39 is 11.8 Å². The first-order chi connectivity index (χ1) is 9.13. The standard InChI is InChI=1S/C15H20N2O2/c1-3-12-8-6-7-11(2)13(12)16-14(18)15(19)17-9-4-5-10-17/h6-8H,3-5,9-10H2,1-2H3,(H,16,18). The zero-order chi connectivity index (χ0) is 13.8. The average Bonchev–Trinajstić information content (AvgIpc) is 2.94. The molecule has 1 N–H and O–H groups in total. The molecule has 19 heavy (non-hydrogen) atoms. The molecule has 0 saturated carbocycles. The molecule has 1 fully saturated rings. The molecule has 1 aromatic rings. The highest BCUT2D eigenvalue weighted by Gasteiger charge is 2.25. The number of hydrogen-bond acceptors (Lipinski definition) is 2. The molecule has 1 aliphatic rings. The third-order valence-electron chi connectivity index (χ3n) is 3.57. The van der Waals surface area contributed by atoms with Gasteiger partial charge in [-0.3, -0.25) is 9.59 Å². The van der Waals surface area contributed by atoms with E-state index in [9.17, 15) is 9.59 Å². The van der Waals surface area contributed by atoms with Gasteiger partial charge in [0.05, 0.1) is 0 Å². The second-order valence-electron chi connectivity index (χ2n) is 4.92. The molecule has 0 aromatic heterocycles. The lowest BCUT2D eigenvalue weighted by Gasteiger charge is -2.17. The van der Waals surface area contributed by atoms with Crippen LogP contribution in [0.1, 0.15) is 30.9 Å². The van der Waals surface area contributed by atoms with E-state index in [1.165, 1.54) is 0 Å². The van der Waals surface area contributed by atoms with Gasteiger partial charge in [-0.15, -0.1) is 0 Å². The van der Waals surface area contributed by atoms with Gasteiger partial charge in [-0.05, 0) is 37.3 Å². The van der Waals surface area contributed by atoms with Gasteiger partial charge >= 0.3 is 11.8 Å². The third kappa shape index (κ3) is 2.95. The summed E-state index contributed by atoms with van der Waals surface area (Å²) >= 11 is 0. The number of rotatable bonds is 2. The Morgan fingerprint density at radius 1 is 1.26 bits per heavy atom. The van der Waals surface area contributed by atoms with Crippen LogP contribution in [0.5, 0.6) is 0 Å². The van der Waals surface area contributed by atoms with Crippen molar-refractivity contribution in [3.8, 4) is 0 Å². The number of nitrogens with zero attached hydrogens (tertiary/aromatic N) is 1. The van der Waals surface area contributed by atoms with Gasteiger partial charge in [0.25, 0.3) is 0 Å². The normalized spacial score (nSPS) is 14.5. The first-order valence-electron chi connectivity index (χ1n) is 6.82. The van der Waals surface area contributed by atoms with Crippen LogP contribution in [0.2, 0.25) is 0 Å². The van der Waals surface area contributed by atoms with E-state index in [1.54, 1.807) is 4.90 Å². The number of carbonyl (C=O) groups excluding carboxylic acids is 2. The number of nitrogens with one attached hydrogen (secondary N) is 1. The number of amides is 2. The van der Waals surface area contributed by atoms with Crippen LogP contribution in [0.3, 0.4) is 0 Å². The van der Waals surface area contributed by atoms with E-state index >= 15 is 0 Å². The maximum atomic E-state index is 12.0. The highest BCUT2D eigenvalue weighted by atomic mass is 16.2. The monoisotopic (exact) mass is 260 g/mol. The Morgan fingerprint density at radius 3 is 2.58 bits per heavy atom. The minimum atomic E-state index is -0.522. The molecule has 1 aromatic carbocycles. The number of anilines is 1. The van der Waals surface area contributed by atoms with Gasteiger partial charge in [-0.25, -0.2) is 0 Å². The Hall–Kier alpha value is -1.84. The van der Waals surface area contributed by atoms with Crippen LogP contribution in [0.25, 0.3) is 0 Å². The van der Waals surface area contributed by atoms with Crippen molar-refractivity contribution in [3.05, 3.63) is 29.3 Å². The molecule has 4 heteroatoms. The molecule has 1 aliphatic heterocycles. The SMILES string of the molecule is CCc1cccc(C)c1NC(=O)C(=O)N1CCCC1. The van der Waals surface area contributed by atoms with Crippen LogP contribution in [-0.2, 0) is 16.0 Å². The van der Waals surface area contributed by atoms with Crippen LogP contribution in [-0.4, -0.2) is 29.8 Å². The zero-order valence-corrected chi connectivity index (χ0v) is 11.5. The summed E-state index contributed by atoms with van der Waals surface area (Å²) < 4.78 is 0. The van der Waals surface area contributed by atoms with E-state index in [4.69, 9.17) is 0 Å². The van der Waals surface area contributed by atoms with Gasteiger partial charge in [-0.2, -0.15) is 0 Å². The number of hydrogen-bond donors (Lipinski definition) is 1. The molecule has 2 rings (SSSR count). The van der Waals surface area contributed by atoms with Crippen molar-refractivity contribution in [2.24, 2.45) is 0 Å². The molecule has 102 valence electrons. The summed E-state index contributed by atoms with van der Waals surface area (Å²) in [5.41, 5.74) is 2.83. The first-order valence-corrected chi connectivity index (χ1v) is 6.82. The Bertz CT molecular complexity index is 491. The molecule has 1 saturated heterocycles. The molecule has 0 unspecified atom stereocenters. The second kappa shape index (κ2) is 5.87. The van der Waals surface area contributed by atoms with Crippen molar-refractivity contribution in [1.29, 1.82) is 0 Å². The van der Waals surface area contributed by atoms with Crippen molar-refractivity contribution >= 4 is 17.5 Å². The smallest absolute Gasteiger partial charge is 0.313 e. The minimum absolute atomic E-state index is 0.414. The molecule has 1 heterocycles. The Labute approximate surface area is 113 Å². The van der Waals surface area contributed by atoms with Crippen molar-refractivity contribution in [1.82, 2.24) is 4.90 Å². The van der Waals surface area contributed by atoms with Crippen molar-refractivity contribution in [2.75, 3.05) is 18.4 Å². The summed E-state index contributed by atoms with van der Waals surface area (Å²) in [6, 6.07) is 5.88. The van der Waals surface area contributed by atoms with E-state index in [-0.39, 0.29) is 0 Å². The molecular weight excluding hydrogens is 240 g/mol. The topological polar surface area (TPSA) is 49.4 Å². The van der Waals surface area contributed by atoms with Crippen molar-refractivity contribution in [2.45, 2.75) is 33.1 Å². The van der Waals surface area contributed by atoms with Crippen molar-refractivity contribution < 1.29 is 9.59 Å². The largest absolute Gasteiger partial charge is 0.334 e. The highest BCUT2D eigenvalue weighted by Crippen LogP contribution is 2.21. The molecule has 0 aliphatic carbocycles. The molecular formula is C15H20N2O2. The Balaban J connectivity index is 2.12. The summed E-state index contributed by atoms with van der Waals surface area (Å²) in [5.74, 6) is -0.936. The van der Waals surface area contributed by atoms with Gasteiger partial charge in [0.15, 0.2) is 0 Å². The predicted octanol–water partition coefficient (Wildman–Crippen LogP) is 2.12. The summed E-state index contributed by atoms with van der Waals surface area (Å²) in [5, 5.41) is 2.78. The van der Waals surface area contributed by atoms with Crippen LogP contribution >= 0.6 is 0 Å².